The quantitative estimate of drug-likeness (QED) is 0.264. The van der Waals surface area contributed by atoms with Gasteiger partial charge in [0.1, 0.15) is 23.1 Å². The molecule has 0 spiro atoms. The van der Waals surface area contributed by atoms with Crippen molar-refractivity contribution < 1.29 is 19.0 Å². The van der Waals surface area contributed by atoms with Crippen LogP contribution in [0, 0.1) is 11.6 Å². The molecule has 0 amide bonds. The number of benzene rings is 4. The maximum Gasteiger partial charge on any atom is 0.135 e. The topological polar surface area (TPSA) is 53.4 Å². The summed E-state index contributed by atoms with van der Waals surface area (Å²) in [5, 5.41) is 19.4. The normalized spacial score (nSPS) is 10.9. The van der Waals surface area contributed by atoms with Crippen molar-refractivity contribution in [3.05, 3.63) is 126 Å². The highest BCUT2D eigenvalue weighted by molar-refractivity contribution is 5.74. The third-order valence-electron chi connectivity index (χ3n) is 6.13. The Hall–Kier alpha value is -4.51. The molecule has 5 aromatic rings. The van der Waals surface area contributed by atoms with Crippen molar-refractivity contribution in [1.82, 2.24) is 4.98 Å². The number of aromatic nitrogens is 1. The lowest BCUT2D eigenvalue weighted by Gasteiger charge is -2.12. The minimum Gasteiger partial charge on any atom is -0.508 e. The molecule has 0 radical (unpaired) electrons. The Balaban J connectivity index is 1.41. The summed E-state index contributed by atoms with van der Waals surface area (Å²) in [5.41, 5.74) is 6.87. The van der Waals surface area contributed by atoms with Gasteiger partial charge in [0.2, 0.25) is 0 Å². The molecule has 36 heavy (non-hydrogen) atoms. The average molecular weight is 480 g/mol. The van der Waals surface area contributed by atoms with Crippen LogP contribution in [0.15, 0.2) is 103 Å². The standard InChI is InChI=1S/C31H23F2NO2/c32-26-8-13-29(30(33)18-26)31-14-3-20(19-34-31)1-2-21-15-24(22-4-9-27(35)10-5-22)17-25(16-21)23-6-11-28(36)12-7-23/h3-19,35-36H,1-2H2. The van der Waals surface area contributed by atoms with E-state index in [1.165, 1.54) is 12.1 Å². The van der Waals surface area contributed by atoms with Crippen LogP contribution in [-0.4, -0.2) is 15.2 Å². The Morgan fingerprint density at radius 3 is 1.67 bits per heavy atom. The van der Waals surface area contributed by atoms with Crippen molar-refractivity contribution in [3.63, 3.8) is 0 Å². The van der Waals surface area contributed by atoms with Crippen molar-refractivity contribution in [3.8, 4) is 45.0 Å². The van der Waals surface area contributed by atoms with Crippen LogP contribution in [0.1, 0.15) is 11.1 Å². The lowest BCUT2D eigenvalue weighted by Crippen LogP contribution is -1.96. The Morgan fingerprint density at radius 1 is 0.556 bits per heavy atom. The number of phenols is 2. The molecule has 0 saturated heterocycles. The Labute approximate surface area is 208 Å². The van der Waals surface area contributed by atoms with E-state index in [1.807, 2.05) is 30.3 Å². The second-order valence-corrected chi connectivity index (χ2v) is 8.69. The van der Waals surface area contributed by atoms with Gasteiger partial charge in [-0.15, -0.1) is 0 Å². The number of pyridine rings is 1. The van der Waals surface area contributed by atoms with E-state index < -0.39 is 11.6 Å². The van der Waals surface area contributed by atoms with Gasteiger partial charge >= 0.3 is 0 Å². The Bertz CT molecular complexity index is 1430. The van der Waals surface area contributed by atoms with E-state index in [0.29, 0.717) is 5.69 Å². The highest BCUT2D eigenvalue weighted by Gasteiger charge is 2.10. The zero-order chi connectivity index (χ0) is 25.1. The number of rotatable bonds is 6. The molecule has 0 aliphatic heterocycles. The van der Waals surface area contributed by atoms with Crippen molar-refractivity contribution in [2.75, 3.05) is 0 Å². The summed E-state index contributed by atoms with van der Waals surface area (Å²) >= 11 is 0. The van der Waals surface area contributed by atoms with Gasteiger partial charge in [-0.1, -0.05) is 42.5 Å². The number of aryl methyl sites for hydroxylation is 2. The summed E-state index contributed by atoms with van der Waals surface area (Å²) in [6.45, 7) is 0. The molecule has 0 bridgehead atoms. The van der Waals surface area contributed by atoms with Crippen molar-refractivity contribution >= 4 is 0 Å². The van der Waals surface area contributed by atoms with Gasteiger partial charge in [0.25, 0.3) is 0 Å². The second kappa shape index (κ2) is 10.0. The first-order chi connectivity index (χ1) is 17.4. The van der Waals surface area contributed by atoms with E-state index in [1.54, 1.807) is 36.5 Å². The van der Waals surface area contributed by atoms with Gasteiger partial charge < -0.3 is 10.2 Å². The fourth-order valence-electron chi connectivity index (χ4n) is 4.20. The number of phenolic OH excluding ortho intramolecular Hbond substituents is 2. The molecule has 5 heteroatoms. The van der Waals surface area contributed by atoms with Crippen LogP contribution in [0.25, 0.3) is 33.5 Å². The van der Waals surface area contributed by atoms with E-state index in [9.17, 15) is 19.0 Å². The fourth-order valence-corrected chi connectivity index (χ4v) is 4.20. The maximum atomic E-state index is 14.1. The predicted octanol–water partition coefficient (Wildman–Crippen LogP) is 7.56. The Kier molecular flexibility index (Phi) is 6.46. The lowest BCUT2D eigenvalue weighted by atomic mass is 9.94. The Morgan fingerprint density at radius 2 is 1.14 bits per heavy atom. The molecular weight excluding hydrogens is 456 g/mol. The molecular formula is C31H23F2NO2. The molecule has 0 unspecified atom stereocenters. The number of nitrogens with zero attached hydrogens (tertiary/aromatic N) is 1. The summed E-state index contributed by atoms with van der Waals surface area (Å²) in [5.74, 6) is -0.826. The van der Waals surface area contributed by atoms with Crippen LogP contribution in [0.5, 0.6) is 11.5 Å². The van der Waals surface area contributed by atoms with Crippen LogP contribution < -0.4 is 0 Å². The van der Waals surface area contributed by atoms with Crippen LogP contribution in [-0.2, 0) is 12.8 Å². The summed E-state index contributed by atoms with van der Waals surface area (Å²) in [7, 11) is 0. The van der Waals surface area contributed by atoms with E-state index in [0.717, 1.165) is 52.3 Å². The SMILES string of the molecule is Oc1ccc(-c2cc(CCc3ccc(-c4ccc(F)cc4F)nc3)cc(-c3ccc(O)cc3)c2)cc1. The van der Waals surface area contributed by atoms with Gasteiger partial charge in [-0.05, 0) is 94.8 Å². The van der Waals surface area contributed by atoms with Crippen LogP contribution in [0.3, 0.4) is 0 Å². The van der Waals surface area contributed by atoms with Crippen LogP contribution >= 0.6 is 0 Å². The third kappa shape index (κ3) is 5.26. The molecule has 3 nitrogen and oxygen atoms in total. The minimum absolute atomic E-state index is 0.213. The molecule has 1 aromatic heterocycles. The highest BCUT2D eigenvalue weighted by atomic mass is 19.1. The maximum absolute atomic E-state index is 14.1. The number of hydrogen-bond donors (Lipinski definition) is 2. The highest BCUT2D eigenvalue weighted by Crippen LogP contribution is 2.31. The molecule has 178 valence electrons. The molecule has 0 aliphatic carbocycles. The predicted molar refractivity (Wildman–Crippen MR) is 138 cm³/mol. The molecule has 5 rings (SSSR count). The van der Waals surface area contributed by atoms with E-state index in [4.69, 9.17) is 0 Å². The van der Waals surface area contributed by atoms with Crippen LogP contribution in [0.2, 0.25) is 0 Å². The van der Waals surface area contributed by atoms with Gasteiger partial charge in [0, 0.05) is 17.8 Å². The first kappa shape index (κ1) is 23.2. The number of aromatic hydroxyl groups is 2. The molecule has 4 aromatic carbocycles. The molecule has 0 aliphatic rings. The summed E-state index contributed by atoms with van der Waals surface area (Å²) in [6.07, 6.45) is 3.21. The van der Waals surface area contributed by atoms with Gasteiger partial charge in [-0.3, -0.25) is 4.98 Å². The summed E-state index contributed by atoms with van der Waals surface area (Å²) < 4.78 is 27.3. The zero-order valence-corrected chi connectivity index (χ0v) is 19.3. The van der Waals surface area contributed by atoms with Crippen molar-refractivity contribution in [1.29, 1.82) is 0 Å². The van der Waals surface area contributed by atoms with Gasteiger partial charge in [0.15, 0.2) is 0 Å². The molecule has 0 atom stereocenters. The van der Waals surface area contributed by atoms with Crippen LogP contribution in [0.4, 0.5) is 8.78 Å². The molecule has 0 fully saturated rings. The first-order valence-electron chi connectivity index (χ1n) is 11.6. The third-order valence-corrected chi connectivity index (χ3v) is 6.13. The van der Waals surface area contributed by atoms with E-state index in [2.05, 4.69) is 23.2 Å². The number of halogens is 2. The minimum atomic E-state index is -0.636. The second-order valence-electron chi connectivity index (χ2n) is 8.69. The van der Waals surface area contributed by atoms with Crippen molar-refractivity contribution in [2.24, 2.45) is 0 Å². The number of hydrogen-bond acceptors (Lipinski definition) is 3. The fraction of sp³-hybridized carbons (Fsp3) is 0.0645. The lowest BCUT2D eigenvalue weighted by molar-refractivity contribution is 0.475. The average Bonchev–Trinajstić information content (AvgIpc) is 2.89. The molecule has 0 saturated carbocycles. The van der Waals surface area contributed by atoms with Gasteiger partial charge in [-0.2, -0.15) is 0 Å². The summed E-state index contributed by atoms with van der Waals surface area (Å²) in [4.78, 5) is 4.39. The smallest absolute Gasteiger partial charge is 0.135 e. The van der Waals surface area contributed by atoms with E-state index in [-0.39, 0.29) is 17.1 Å². The first-order valence-corrected chi connectivity index (χ1v) is 11.6. The van der Waals surface area contributed by atoms with Gasteiger partial charge in [0.05, 0.1) is 5.69 Å². The monoisotopic (exact) mass is 479 g/mol. The van der Waals surface area contributed by atoms with Gasteiger partial charge in [-0.25, -0.2) is 8.78 Å². The largest absolute Gasteiger partial charge is 0.508 e. The zero-order valence-electron chi connectivity index (χ0n) is 19.3. The van der Waals surface area contributed by atoms with E-state index >= 15 is 0 Å². The summed E-state index contributed by atoms with van der Waals surface area (Å²) in [6, 6.07) is 27.7. The van der Waals surface area contributed by atoms with Crippen molar-refractivity contribution in [2.45, 2.75) is 12.8 Å². The molecule has 1 heterocycles. The molecule has 2 N–H and O–H groups in total.